The third-order valence-corrected chi connectivity index (χ3v) is 2.55. The van der Waals surface area contributed by atoms with Crippen molar-refractivity contribution in [2.75, 3.05) is 0 Å². The molecule has 0 saturated carbocycles. The molecule has 0 aliphatic rings. The van der Waals surface area contributed by atoms with Crippen molar-refractivity contribution in [2.45, 2.75) is 18.4 Å². The highest BCUT2D eigenvalue weighted by Gasteiger charge is 2.40. The van der Waals surface area contributed by atoms with Crippen LogP contribution in [-0.4, -0.2) is 34.1 Å². The van der Waals surface area contributed by atoms with Crippen LogP contribution >= 0.6 is 0 Å². The third kappa shape index (κ3) is 3.31. The number of aliphatic carboxylic acids is 2. The first-order chi connectivity index (χ1) is 8.50. The molecular formula is C12H13NO5. The van der Waals surface area contributed by atoms with E-state index in [-0.39, 0.29) is 12.8 Å². The van der Waals surface area contributed by atoms with Crippen molar-refractivity contribution in [3.8, 4) is 0 Å². The monoisotopic (exact) mass is 251 g/mol. The van der Waals surface area contributed by atoms with Crippen molar-refractivity contribution >= 4 is 18.3 Å². The number of carboxylic acid groups (broad SMARTS) is 2. The van der Waals surface area contributed by atoms with E-state index in [0.717, 1.165) is 0 Å². The maximum absolute atomic E-state index is 11.3. The van der Waals surface area contributed by atoms with Crippen LogP contribution in [0.15, 0.2) is 30.3 Å². The Balaban J connectivity index is 3.05. The molecule has 1 amide bonds. The first-order valence-electron chi connectivity index (χ1n) is 5.20. The SMILES string of the molecule is O=CN[C@](CC(=O)O)(Cc1ccccc1)C(=O)O. The van der Waals surface area contributed by atoms with E-state index >= 15 is 0 Å². The van der Waals surface area contributed by atoms with E-state index in [1.54, 1.807) is 30.3 Å². The number of hydrogen-bond acceptors (Lipinski definition) is 3. The van der Waals surface area contributed by atoms with Gasteiger partial charge in [-0.3, -0.25) is 9.59 Å². The van der Waals surface area contributed by atoms with Gasteiger partial charge >= 0.3 is 11.9 Å². The Morgan fingerprint density at radius 2 is 1.83 bits per heavy atom. The van der Waals surface area contributed by atoms with Gasteiger partial charge in [-0.05, 0) is 5.56 Å². The Hall–Kier alpha value is -2.37. The summed E-state index contributed by atoms with van der Waals surface area (Å²) in [5.74, 6) is -2.66. The molecule has 0 aliphatic heterocycles. The van der Waals surface area contributed by atoms with Crippen molar-refractivity contribution in [2.24, 2.45) is 0 Å². The molecule has 3 N–H and O–H groups in total. The van der Waals surface area contributed by atoms with E-state index in [4.69, 9.17) is 5.11 Å². The number of rotatable bonds is 7. The smallest absolute Gasteiger partial charge is 0.330 e. The van der Waals surface area contributed by atoms with E-state index in [1.165, 1.54) is 0 Å². The molecule has 0 unspecified atom stereocenters. The maximum atomic E-state index is 11.3. The lowest BCUT2D eigenvalue weighted by atomic mass is 9.87. The van der Waals surface area contributed by atoms with E-state index in [2.05, 4.69) is 5.32 Å². The largest absolute Gasteiger partial charge is 0.481 e. The normalized spacial score (nSPS) is 13.3. The predicted octanol–water partition coefficient (Wildman–Crippen LogP) is 0.273. The molecule has 18 heavy (non-hydrogen) atoms. The zero-order valence-electron chi connectivity index (χ0n) is 9.50. The average Bonchev–Trinajstić information content (AvgIpc) is 2.29. The summed E-state index contributed by atoms with van der Waals surface area (Å²) in [6.45, 7) is 0. The molecule has 0 fully saturated rings. The molecule has 1 atom stereocenters. The molecule has 1 rings (SSSR count). The zero-order chi connectivity index (χ0) is 13.6. The van der Waals surface area contributed by atoms with Crippen molar-refractivity contribution in [3.63, 3.8) is 0 Å². The van der Waals surface area contributed by atoms with Crippen LogP contribution < -0.4 is 5.32 Å². The summed E-state index contributed by atoms with van der Waals surface area (Å²) in [6, 6.07) is 8.53. The minimum atomic E-state index is -1.82. The van der Waals surface area contributed by atoms with Gasteiger partial charge in [0.05, 0.1) is 6.42 Å². The highest BCUT2D eigenvalue weighted by Crippen LogP contribution is 2.18. The van der Waals surface area contributed by atoms with Crippen LogP contribution in [0.3, 0.4) is 0 Å². The van der Waals surface area contributed by atoms with Crippen LogP contribution in [-0.2, 0) is 20.8 Å². The molecule has 0 spiro atoms. The fraction of sp³-hybridized carbons (Fsp3) is 0.250. The van der Waals surface area contributed by atoms with Gasteiger partial charge in [-0.15, -0.1) is 0 Å². The van der Waals surface area contributed by atoms with E-state index in [9.17, 15) is 19.5 Å². The molecule has 96 valence electrons. The van der Waals surface area contributed by atoms with Crippen LogP contribution in [0, 0.1) is 0 Å². The second-order valence-corrected chi connectivity index (χ2v) is 3.88. The zero-order valence-corrected chi connectivity index (χ0v) is 9.50. The quantitative estimate of drug-likeness (QED) is 0.603. The highest BCUT2D eigenvalue weighted by atomic mass is 16.4. The average molecular weight is 251 g/mol. The Morgan fingerprint density at radius 3 is 2.28 bits per heavy atom. The molecule has 0 bridgehead atoms. The van der Waals surface area contributed by atoms with Gasteiger partial charge in [-0.1, -0.05) is 30.3 Å². The van der Waals surface area contributed by atoms with Crippen molar-refractivity contribution in [1.29, 1.82) is 0 Å². The van der Waals surface area contributed by atoms with Gasteiger partial charge in [0.1, 0.15) is 0 Å². The summed E-state index contributed by atoms with van der Waals surface area (Å²) in [4.78, 5) is 32.6. The topological polar surface area (TPSA) is 104 Å². The Labute approximate surface area is 103 Å². The molecule has 1 aromatic rings. The van der Waals surface area contributed by atoms with Crippen molar-refractivity contribution in [1.82, 2.24) is 5.32 Å². The van der Waals surface area contributed by atoms with Gasteiger partial charge in [0.2, 0.25) is 6.41 Å². The van der Waals surface area contributed by atoms with Crippen LogP contribution in [0.1, 0.15) is 12.0 Å². The maximum Gasteiger partial charge on any atom is 0.330 e. The number of nitrogens with one attached hydrogen (secondary N) is 1. The summed E-state index contributed by atoms with van der Waals surface area (Å²) in [7, 11) is 0. The third-order valence-electron chi connectivity index (χ3n) is 2.55. The van der Waals surface area contributed by atoms with Crippen molar-refractivity contribution in [3.05, 3.63) is 35.9 Å². The lowest BCUT2D eigenvalue weighted by molar-refractivity contribution is -0.152. The van der Waals surface area contributed by atoms with E-state index in [0.29, 0.717) is 5.56 Å². The van der Waals surface area contributed by atoms with Crippen LogP contribution in [0.5, 0.6) is 0 Å². The second kappa shape index (κ2) is 5.81. The number of carboxylic acids is 2. The Bertz CT molecular complexity index is 445. The van der Waals surface area contributed by atoms with Crippen LogP contribution in [0.4, 0.5) is 0 Å². The van der Waals surface area contributed by atoms with Crippen LogP contribution in [0.25, 0.3) is 0 Å². The van der Waals surface area contributed by atoms with Gasteiger partial charge in [-0.2, -0.15) is 0 Å². The molecule has 0 heterocycles. The summed E-state index contributed by atoms with van der Waals surface area (Å²) >= 11 is 0. The van der Waals surface area contributed by atoms with Gasteiger partial charge in [0.25, 0.3) is 0 Å². The van der Waals surface area contributed by atoms with Gasteiger partial charge < -0.3 is 15.5 Å². The Kier molecular flexibility index (Phi) is 4.42. The van der Waals surface area contributed by atoms with E-state index < -0.39 is 23.9 Å². The number of benzene rings is 1. The molecule has 0 aromatic heterocycles. The molecule has 1 aromatic carbocycles. The van der Waals surface area contributed by atoms with Crippen LogP contribution in [0.2, 0.25) is 0 Å². The fourth-order valence-corrected chi connectivity index (χ4v) is 1.69. The van der Waals surface area contributed by atoms with Gasteiger partial charge in [-0.25, -0.2) is 4.79 Å². The predicted molar refractivity (Wildman–Crippen MR) is 62.0 cm³/mol. The molecular weight excluding hydrogens is 238 g/mol. The van der Waals surface area contributed by atoms with Gasteiger partial charge in [0.15, 0.2) is 5.54 Å². The lowest BCUT2D eigenvalue weighted by Gasteiger charge is -2.27. The molecule has 0 radical (unpaired) electrons. The lowest BCUT2D eigenvalue weighted by Crippen LogP contribution is -2.54. The summed E-state index contributed by atoms with van der Waals surface area (Å²) in [5, 5.41) is 20.1. The molecule has 0 aliphatic carbocycles. The fourth-order valence-electron chi connectivity index (χ4n) is 1.69. The minimum Gasteiger partial charge on any atom is -0.481 e. The summed E-state index contributed by atoms with van der Waals surface area (Å²) < 4.78 is 0. The summed E-state index contributed by atoms with van der Waals surface area (Å²) in [5.41, 5.74) is -1.19. The first kappa shape index (κ1) is 13.7. The molecule has 6 nitrogen and oxygen atoms in total. The first-order valence-corrected chi connectivity index (χ1v) is 5.20. The molecule has 6 heteroatoms. The number of amides is 1. The summed E-state index contributed by atoms with van der Waals surface area (Å²) in [6.07, 6.45) is -0.565. The second-order valence-electron chi connectivity index (χ2n) is 3.88. The van der Waals surface area contributed by atoms with Crippen molar-refractivity contribution < 1.29 is 24.6 Å². The number of carbonyl (C=O) groups excluding carboxylic acids is 1. The minimum absolute atomic E-state index is 0.0891. The Morgan fingerprint density at radius 1 is 1.22 bits per heavy atom. The number of carbonyl (C=O) groups is 3. The molecule has 0 saturated heterocycles. The highest BCUT2D eigenvalue weighted by molar-refractivity contribution is 5.87. The van der Waals surface area contributed by atoms with E-state index in [1.807, 2.05) is 0 Å². The number of hydrogen-bond donors (Lipinski definition) is 3. The standard InChI is InChI=1S/C12H13NO5/c14-8-13-12(11(17)18,7-10(15)16)6-9-4-2-1-3-5-9/h1-5,8H,6-7H2,(H,13,14)(H,15,16)(H,17,18)/t12-/m0/s1. The van der Waals surface area contributed by atoms with Gasteiger partial charge in [0, 0.05) is 6.42 Å².